The van der Waals surface area contributed by atoms with Crippen LogP contribution in [0.15, 0.2) is 89.9 Å². The third kappa shape index (κ3) is 3.53. The number of pyridine rings is 1. The lowest BCUT2D eigenvalue weighted by Gasteiger charge is -2.11. The SMILES string of the molecule is COc1ccc(-c2c(Nc3ccccn3)nc3cc(-c4ccccc4)[nH]n3c2=O)cc1. The maximum Gasteiger partial charge on any atom is 0.282 e. The molecule has 0 radical (unpaired) electrons. The van der Waals surface area contributed by atoms with E-state index in [0.29, 0.717) is 28.6 Å². The van der Waals surface area contributed by atoms with E-state index in [2.05, 4.69) is 15.4 Å². The van der Waals surface area contributed by atoms with Crippen molar-refractivity contribution in [1.82, 2.24) is 19.6 Å². The topological polar surface area (TPSA) is 84.3 Å². The van der Waals surface area contributed by atoms with Gasteiger partial charge in [0.2, 0.25) is 0 Å². The summed E-state index contributed by atoms with van der Waals surface area (Å²) in [5, 5.41) is 6.38. The molecule has 0 amide bonds. The molecule has 0 atom stereocenters. The van der Waals surface area contributed by atoms with Crippen LogP contribution in [0.2, 0.25) is 0 Å². The van der Waals surface area contributed by atoms with Crippen LogP contribution in [0.4, 0.5) is 11.6 Å². The van der Waals surface area contributed by atoms with E-state index in [1.807, 2.05) is 78.9 Å². The van der Waals surface area contributed by atoms with Crippen molar-refractivity contribution in [3.8, 4) is 28.1 Å². The normalized spacial score (nSPS) is 10.9. The van der Waals surface area contributed by atoms with Gasteiger partial charge >= 0.3 is 0 Å². The highest BCUT2D eigenvalue weighted by Gasteiger charge is 2.18. The van der Waals surface area contributed by atoms with Crippen LogP contribution in [0.25, 0.3) is 28.0 Å². The third-order valence-corrected chi connectivity index (χ3v) is 4.99. The molecule has 2 aromatic carbocycles. The molecule has 7 heteroatoms. The van der Waals surface area contributed by atoms with Crippen molar-refractivity contribution in [2.75, 3.05) is 12.4 Å². The quantitative estimate of drug-likeness (QED) is 0.446. The number of hydrogen-bond acceptors (Lipinski definition) is 5. The number of benzene rings is 2. The molecule has 0 saturated heterocycles. The Morgan fingerprint density at radius 2 is 1.71 bits per heavy atom. The van der Waals surface area contributed by atoms with Crippen LogP contribution in [-0.2, 0) is 0 Å². The van der Waals surface area contributed by atoms with Gasteiger partial charge in [-0.15, -0.1) is 0 Å². The van der Waals surface area contributed by atoms with E-state index >= 15 is 0 Å². The Balaban J connectivity index is 1.72. The summed E-state index contributed by atoms with van der Waals surface area (Å²) >= 11 is 0. The Morgan fingerprint density at radius 1 is 0.935 bits per heavy atom. The first-order chi connectivity index (χ1) is 15.2. The van der Waals surface area contributed by atoms with E-state index in [0.717, 1.165) is 16.8 Å². The van der Waals surface area contributed by atoms with Gasteiger partial charge in [-0.2, -0.15) is 0 Å². The monoisotopic (exact) mass is 409 g/mol. The van der Waals surface area contributed by atoms with Gasteiger partial charge in [-0.3, -0.25) is 9.89 Å². The van der Waals surface area contributed by atoms with Crippen LogP contribution in [0.5, 0.6) is 5.75 Å². The van der Waals surface area contributed by atoms with Crippen molar-refractivity contribution in [3.63, 3.8) is 0 Å². The van der Waals surface area contributed by atoms with Crippen molar-refractivity contribution in [3.05, 3.63) is 95.4 Å². The molecule has 31 heavy (non-hydrogen) atoms. The van der Waals surface area contributed by atoms with E-state index in [1.54, 1.807) is 13.3 Å². The number of aromatic amines is 1. The third-order valence-electron chi connectivity index (χ3n) is 4.99. The first-order valence-corrected chi connectivity index (χ1v) is 9.76. The Labute approximate surface area is 178 Å². The number of methoxy groups -OCH3 is 1. The zero-order chi connectivity index (χ0) is 21.2. The van der Waals surface area contributed by atoms with Gasteiger partial charge in [-0.25, -0.2) is 14.5 Å². The average Bonchev–Trinajstić information content (AvgIpc) is 3.25. The second kappa shape index (κ2) is 7.79. The molecule has 0 unspecified atom stereocenters. The molecule has 3 heterocycles. The smallest absolute Gasteiger partial charge is 0.282 e. The highest BCUT2D eigenvalue weighted by Crippen LogP contribution is 2.28. The largest absolute Gasteiger partial charge is 0.497 e. The number of ether oxygens (including phenoxy) is 1. The van der Waals surface area contributed by atoms with Gasteiger partial charge < -0.3 is 10.1 Å². The predicted molar refractivity (Wildman–Crippen MR) is 121 cm³/mol. The highest BCUT2D eigenvalue weighted by atomic mass is 16.5. The summed E-state index contributed by atoms with van der Waals surface area (Å²) in [6, 6.07) is 24.5. The molecule has 0 fully saturated rings. The van der Waals surface area contributed by atoms with Crippen molar-refractivity contribution < 1.29 is 4.74 Å². The zero-order valence-electron chi connectivity index (χ0n) is 16.7. The first kappa shape index (κ1) is 18.6. The van der Waals surface area contributed by atoms with Crippen molar-refractivity contribution in [1.29, 1.82) is 0 Å². The molecule has 0 bridgehead atoms. The van der Waals surface area contributed by atoms with Crippen LogP contribution in [0.1, 0.15) is 0 Å². The molecule has 0 aliphatic carbocycles. The van der Waals surface area contributed by atoms with Gasteiger partial charge in [0.15, 0.2) is 5.65 Å². The number of nitrogens with one attached hydrogen (secondary N) is 2. The molecular weight excluding hydrogens is 390 g/mol. The zero-order valence-corrected chi connectivity index (χ0v) is 16.7. The minimum Gasteiger partial charge on any atom is -0.497 e. The van der Waals surface area contributed by atoms with Gasteiger partial charge in [-0.05, 0) is 35.4 Å². The second-order valence-corrected chi connectivity index (χ2v) is 6.94. The second-order valence-electron chi connectivity index (χ2n) is 6.94. The molecule has 5 aromatic rings. The molecule has 0 aliphatic heterocycles. The first-order valence-electron chi connectivity index (χ1n) is 9.76. The fourth-order valence-corrected chi connectivity index (χ4v) is 3.46. The van der Waals surface area contributed by atoms with E-state index in [-0.39, 0.29) is 5.56 Å². The number of H-pyrrole nitrogens is 1. The van der Waals surface area contributed by atoms with Crippen LogP contribution < -0.4 is 15.6 Å². The molecule has 7 nitrogen and oxygen atoms in total. The molecule has 0 saturated carbocycles. The summed E-state index contributed by atoms with van der Waals surface area (Å²) in [6.45, 7) is 0. The summed E-state index contributed by atoms with van der Waals surface area (Å²) in [6.07, 6.45) is 1.69. The van der Waals surface area contributed by atoms with E-state index < -0.39 is 0 Å². The fraction of sp³-hybridized carbons (Fsp3) is 0.0417. The summed E-state index contributed by atoms with van der Waals surface area (Å²) in [7, 11) is 1.61. The summed E-state index contributed by atoms with van der Waals surface area (Å²) < 4.78 is 6.72. The Morgan fingerprint density at radius 3 is 2.42 bits per heavy atom. The minimum atomic E-state index is -0.212. The van der Waals surface area contributed by atoms with Crippen molar-refractivity contribution in [2.24, 2.45) is 0 Å². The highest BCUT2D eigenvalue weighted by molar-refractivity contribution is 5.79. The molecule has 5 rings (SSSR count). The summed E-state index contributed by atoms with van der Waals surface area (Å²) in [5.74, 6) is 1.75. The van der Waals surface area contributed by atoms with Crippen molar-refractivity contribution in [2.45, 2.75) is 0 Å². The summed E-state index contributed by atoms with van der Waals surface area (Å²) in [5.41, 5.74) is 3.24. The molecule has 0 aliphatic rings. The van der Waals surface area contributed by atoms with Gasteiger partial charge in [0.1, 0.15) is 17.4 Å². The fourth-order valence-electron chi connectivity index (χ4n) is 3.46. The number of rotatable bonds is 5. The molecule has 0 spiro atoms. The Hall–Kier alpha value is -4.39. The maximum atomic E-state index is 13.5. The number of hydrogen-bond donors (Lipinski definition) is 2. The number of fused-ring (bicyclic) bond motifs is 1. The van der Waals surface area contributed by atoms with Crippen LogP contribution >= 0.6 is 0 Å². The molecule has 152 valence electrons. The van der Waals surface area contributed by atoms with Gasteiger partial charge in [0.05, 0.1) is 18.4 Å². The van der Waals surface area contributed by atoms with E-state index in [1.165, 1.54) is 4.52 Å². The Kier molecular flexibility index (Phi) is 4.68. The van der Waals surface area contributed by atoms with E-state index in [9.17, 15) is 4.79 Å². The van der Waals surface area contributed by atoms with Crippen LogP contribution in [0, 0.1) is 0 Å². The number of nitrogens with zero attached hydrogens (tertiary/aromatic N) is 3. The van der Waals surface area contributed by atoms with Crippen molar-refractivity contribution >= 4 is 17.3 Å². The van der Waals surface area contributed by atoms with Gasteiger partial charge in [0, 0.05) is 12.3 Å². The predicted octanol–water partition coefficient (Wildman–Crippen LogP) is 4.50. The number of anilines is 2. The Bertz CT molecular complexity index is 1390. The lowest BCUT2D eigenvalue weighted by Crippen LogP contribution is -2.19. The lowest BCUT2D eigenvalue weighted by atomic mass is 10.1. The molecule has 2 N–H and O–H groups in total. The molecule has 3 aromatic heterocycles. The number of aromatic nitrogens is 4. The van der Waals surface area contributed by atoms with Crippen LogP contribution in [-0.4, -0.2) is 26.7 Å². The summed E-state index contributed by atoms with van der Waals surface area (Å²) in [4.78, 5) is 22.6. The van der Waals surface area contributed by atoms with Gasteiger partial charge in [0.25, 0.3) is 5.56 Å². The minimum absolute atomic E-state index is 0.212. The lowest BCUT2D eigenvalue weighted by molar-refractivity contribution is 0.415. The molecular formula is C24H19N5O2. The van der Waals surface area contributed by atoms with Gasteiger partial charge in [-0.1, -0.05) is 48.5 Å². The van der Waals surface area contributed by atoms with Crippen LogP contribution in [0.3, 0.4) is 0 Å². The maximum absolute atomic E-state index is 13.5. The average molecular weight is 409 g/mol. The standard InChI is InChI=1S/C24H19N5O2/c1-31-18-12-10-17(11-13-18)22-23(26-20-9-5-6-14-25-20)27-21-15-19(28-29(21)24(22)30)16-7-3-2-4-8-16/h2-15,28H,1H3,(H,25,26). The van der Waals surface area contributed by atoms with E-state index in [4.69, 9.17) is 9.72 Å².